The Kier molecular flexibility index (Phi) is 16.7. The Morgan fingerprint density at radius 3 is 2.12 bits per heavy atom. The van der Waals surface area contributed by atoms with E-state index in [4.69, 9.17) is 17.2 Å². The van der Waals surface area contributed by atoms with Gasteiger partial charge >= 0.3 is 0 Å². The van der Waals surface area contributed by atoms with Gasteiger partial charge in [-0.15, -0.1) is 0 Å². The molecule has 0 aliphatic heterocycles. The number of benzene rings is 1. The maximum Gasteiger partial charge on any atom is 0.279 e. The molecule has 0 bridgehead atoms. The fourth-order valence-corrected chi connectivity index (χ4v) is 5.43. The summed E-state index contributed by atoms with van der Waals surface area (Å²) in [5.41, 5.74) is 15.6. The molecule has 0 radical (unpaired) electrons. The van der Waals surface area contributed by atoms with Gasteiger partial charge < -0.3 is 38.0 Å². The lowest BCUT2D eigenvalue weighted by atomic mass is 10.0. The summed E-state index contributed by atoms with van der Waals surface area (Å²) >= 11 is 0. The number of carbonyl (C=O) groups is 4. The Bertz CT molecular complexity index is 1130. The number of nitrogens with zero attached hydrogens (tertiary/aromatic N) is 1. The van der Waals surface area contributed by atoms with E-state index in [1.165, 1.54) is 6.92 Å². The van der Waals surface area contributed by atoms with E-state index in [-0.39, 0.29) is 24.7 Å². The molecule has 43 heavy (non-hydrogen) atoms. The van der Waals surface area contributed by atoms with Gasteiger partial charge in [-0.05, 0) is 50.6 Å². The van der Waals surface area contributed by atoms with Gasteiger partial charge in [0.1, 0.15) is 12.1 Å². The van der Waals surface area contributed by atoms with Crippen LogP contribution in [0.15, 0.2) is 35.3 Å². The smallest absolute Gasteiger partial charge is 0.279 e. The molecule has 5 atom stereocenters. The van der Waals surface area contributed by atoms with Gasteiger partial charge in [0.25, 0.3) is 7.37 Å². The lowest BCUT2D eigenvalue weighted by Crippen LogP contribution is -2.52. The number of guanidine groups is 1. The molecule has 0 aliphatic rings. The molecule has 15 heteroatoms. The second kappa shape index (κ2) is 19.1. The molecule has 0 saturated carbocycles. The van der Waals surface area contributed by atoms with E-state index in [9.17, 15) is 28.6 Å². The Balaban J connectivity index is 3.16. The SMILES string of the molecule is CCCN[C@@H](CCCN=C(N)N)C(=O)N[C@@H](Cc1ccccc1)C(=O)P(=O)(O)CN[C@@H](CC(C)C)C(=O)N[C@@H](C)C(N)=O. The first-order valence-corrected chi connectivity index (χ1v) is 16.3. The monoisotopic (exact) mass is 624 g/mol. The molecule has 0 spiro atoms. The quantitative estimate of drug-likeness (QED) is 0.0390. The number of hydrogen-bond donors (Lipinski definition) is 8. The normalized spacial score (nSPS) is 15.4. The molecular formula is C28H49N8O6P. The summed E-state index contributed by atoms with van der Waals surface area (Å²) < 4.78 is 13.4. The van der Waals surface area contributed by atoms with Crippen LogP contribution >= 0.6 is 7.37 Å². The third-order valence-corrected chi connectivity index (χ3v) is 8.12. The lowest BCUT2D eigenvalue weighted by molar-refractivity contribution is -0.128. The van der Waals surface area contributed by atoms with E-state index in [0.29, 0.717) is 31.5 Å². The van der Waals surface area contributed by atoms with Crippen molar-refractivity contribution in [3.05, 3.63) is 35.9 Å². The number of nitrogens with one attached hydrogen (secondary N) is 4. The molecule has 0 fully saturated rings. The number of hydrogen-bond acceptors (Lipinski definition) is 8. The summed E-state index contributed by atoms with van der Waals surface area (Å²) in [5, 5.41) is 11.0. The van der Waals surface area contributed by atoms with Crippen molar-refractivity contribution in [2.24, 2.45) is 28.1 Å². The minimum absolute atomic E-state index is 0.00516. The van der Waals surface area contributed by atoms with Crippen molar-refractivity contribution in [2.75, 3.05) is 19.4 Å². The molecule has 11 N–H and O–H groups in total. The highest BCUT2D eigenvalue weighted by Crippen LogP contribution is 2.42. The largest absolute Gasteiger partial charge is 0.370 e. The minimum atomic E-state index is -4.61. The van der Waals surface area contributed by atoms with Gasteiger partial charge in [-0.1, -0.05) is 51.1 Å². The summed E-state index contributed by atoms with van der Waals surface area (Å²) in [7, 11) is -4.61. The topological polar surface area (TPSA) is 244 Å². The molecule has 0 heterocycles. The van der Waals surface area contributed by atoms with Crippen molar-refractivity contribution in [1.29, 1.82) is 0 Å². The molecule has 0 saturated heterocycles. The fraction of sp³-hybridized carbons (Fsp3) is 0.607. The van der Waals surface area contributed by atoms with E-state index in [2.05, 4.69) is 26.3 Å². The lowest BCUT2D eigenvalue weighted by Gasteiger charge is -2.26. The third-order valence-electron chi connectivity index (χ3n) is 6.51. The van der Waals surface area contributed by atoms with Crippen LogP contribution in [-0.2, 0) is 30.2 Å². The number of primary amides is 1. The first-order chi connectivity index (χ1) is 20.2. The zero-order chi connectivity index (χ0) is 32.6. The molecule has 1 aromatic carbocycles. The summed E-state index contributed by atoms with van der Waals surface area (Å²) in [6.07, 6.45) is 1.14. The zero-order valence-corrected chi connectivity index (χ0v) is 26.4. The Morgan fingerprint density at radius 1 is 0.930 bits per heavy atom. The van der Waals surface area contributed by atoms with Gasteiger partial charge in [0.05, 0.1) is 18.4 Å². The van der Waals surface area contributed by atoms with Gasteiger partial charge in [-0.3, -0.25) is 34.1 Å². The summed E-state index contributed by atoms with van der Waals surface area (Å²) in [5.74, 6) is -1.88. The first kappa shape index (κ1) is 37.7. The van der Waals surface area contributed by atoms with Crippen LogP contribution in [0.2, 0.25) is 0 Å². The second-order valence-electron chi connectivity index (χ2n) is 10.9. The highest BCUT2D eigenvalue weighted by molar-refractivity contribution is 7.75. The highest BCUT2D eigenvalue weighted by atomic mass is 31.2. The summed E-state index contributed by atoms with van der Waals surface area (Å²) in [6.45, 7) is 7.93. The van der Waals surface area contributed by atoms with E-state index >= 15 is 0 Å². The minimum Gasteiger partial charge on any atom is -0.370 e. The van der Waals surface area contributed by atoms with Gasteiger partial charge in [0.2, 0.25) is 23.2 Å². The number of rotatable bonds is 21. The first-order valence-electron chi connectivity index (χ1n) is 14.5. The summed E-state index contributed by atoms with van der Waals surface area (Å²) in [4.78, 5) is 66.0. The molecule has 0 aliphatic carbocycles. The van der Waals surface area contributed by atoms with Crippen LogP contribution in [0.25, 0.3) is 0 Å². The number of aliphatic imine (C=N–C) groups is 1. The third kappa shape index (κ3) is 14.6. The standard InChI is InChI=1S/C28H49N8O6P/c1-5-13-32-21(12-9-14-33-28(30)31)25(38)36-23(16-20-10-7-6-8-11-20)27(40)43(41,42)17-34-22(15-18(2)3)26(39)35-19(4)24(29)37/h6-8,10-11,18-19,21-23,32,34H,5,9,12-17H2,1-4H3,(H2,29,37)(H,35,39)(H,36,38)(H,41,42)(H4,30,31,33)/t19-,21-,22-,23-/m0/s1. The Labute approximate surface area is 253 Å². The predicted octanol–water partition coefficient (Wildman–Crippen LogP) is -0.115. The van der Waals surface area contributed by atoms with Crippen molar-refractivity contribution in [3.8, 4) is 0 Å². The van der Waals surface area contributed by atoms with Crippen molar-refractivity contribution >= 4 is 36.6 Å². The van der Waals surface area contributed by atoms with Crippen LogP contribution in [0.3, 0.4) is 0 Å². The van der Waals surface area contributed by atoms with E-state index in [1.54, 1.807) is 30.3 Å². The second-order valence-corrected chi connectivity index (χ2v) is 13.1. The van der Waals surface area contributed by atoms with E-state index in [0.717, 1.165) is 6.42 Å². The number of amides is 3. The predicted molar refractivity (Wildman–Crippen MR) is 167 cm³/mol. The van der Waals surface area contributed by atoms with Crippen molar-refractivity contribution in [1.82, 2.24) is 21.3 Å². The van der Waals surface area contributed by atoms with Gasteiger partial charge in [0, 0.05) is 13.0 Å². The zero-order valence-electron chi connectivity index (χ0n) is 25.5. The molecule has 1 rings (SSSR count). The number of nitrogens with two attached hydrogens (primary N) is 3. The van der Waals surface area contributed by atoms with Crippen LogP contribution in [0, 0.1) is 5.92 Å². The maximum absolute atomic E-state index is 13.6. The Hall–Kier alpha value is -3.32. The van der Waals surface area contributed by atoms with Crippen LogP contribution in [0.1, 0.15) is 58.9 Å². The van der Waals surface area contributed by atoms with Crippen LogP contribution in [0.5, 0.6) is 0 Å². The summed E-state index contributed by atoms with van der Waals surface area (Å²) in [6, 6.07) is 4.88. The molecule has 0 aromatic heterocycles. The van der Waals surface area contributed by atoms with E-state index < -0.39 is 61.1 Å². The molecule has 3 amide bonds. The van der Waals surface area contributed by atoms with E-state index in [1.807, 2.05) is 20.8 Å². The Morgan fingerprint density at radius 2 is 1.56 bits per heavy atom. The molecular weight excluding hydrogens is 575 g/mol. The van der Waals surface area contributed by atoms with Crippen molar-refractivity contribution in [3.63, 3.8) is 0 Å². The van der Waals surface area contributed by atoms with Crippen LogP contribution in [-0.4, -0.2) is 77.6 Å². The van der Waals surface area contributed by atoms with Crippen molar-refractivity contribution in [2.45, 2.75) is 84.0 Å². The van der Waals surface area contributed by atoms with Crippen LogP contribution in [0.4, 0.5) is 0 Å². The number of carbonyl (C=O) groups excluding carboxylic acids is 4. The van der Waals surface area contributed by atoms with Crippen LogP contribution < -0.4 is 38.5 Å². The maximum atomic E-state index is 13.6. The highest BCUT2D eigenvalue weighted by Gasteiger charge is 2.38. The average molecular weight is 625 g/mol. The molecule has 242 valence electrons. The van der Waals surface area contributed by atoms with Gasteiger partial charge in [0.15, 0.2) is 5.96 Å². The van der Waals surface area contributed by atoms with Gasteiger partial charge in [-0.25, -0.2) is 0 Å². The van der Waals surface area contributed by atoms with Gasteiger partial charge in [-0.2, -0.15) is 0 Å². The van der Waals surface area contributed by atoms with Crippen molar-refractivity contribution < 1.29 is 28.6 Å². The molecule has 14 nitrogen and oxygen atoms in total. The average Bonchev–Trinajstić information content (AvgIpc) is 2.94. The fourth-order valence-electron chi connectivity index (χ4n) is 4.17. The molecule has 1 aromatic rings. The molecule has 1 unspecified atom stereocenters.